The Morgan fingerprint density at radius 3 is 2.29 bits per heavy atom. The molecule has 1 aromatic rings. The Kier molecular flexibility index (Phi) is 5.59. The highest BCUT2D eigenvalue weighted by molar-refractivity contribution is 6.18. The lowest BCUT2D eigenvalue weighted by atomic mass is 10.1. The minimum Gasteiger partial charge on any atom is -0.478 e. The van der Waals surface area contributed by atoms with Gasteiger partial charge in [-0.2, -0.15) is 0 Å². The van der Waals surface area contributed by atoms with Gasteiger partial charge in [0, 0.05) is 30.5 Å². The first kappa shape index (κ1) is 14.1. The summed E-state index contributed by atoms with van der Waals surface area (Å²) in [6, 6.07) is 5.25. The van der Waals surface area contributed by atoms with E-state index in [1.807, 2.05) is 11.0 Å². The van der Waals surface area contributed by atoms with Gasteiger partial charge >= 0.3 is 5.97 Å². The lowest BCUT2D eigenvalue weighted by molar-refractivity contribution is 0.0696. The van der Waals surface area contributed by atoms with Gasteiger partial charge in [0.15, 0.2) is 0 Å². The number of hydrogen-bond acceptors (Lipinski definition) is 2. The van der Waals surface area contributed by atoms with Gasteiger partial charge in [-0.05, 0) is 30.7 Å². The normalized spacial score (nSPS) is 10.3. The van der Waals surface area contributed by atoms with Gasteiger partial charge in [0.1, 0.15) is 0 Å². The first-order valence-electron chi connectivity index (χ1n) is 5.31. The minimum atomic E-state index is -0.907. The maximum Gasteiger partial charge on any atom is 0.335 e. The van der Waals surface area contributed by atoms with Crippen molar-refractivity contribution in [2.45, 2.75) is 6.92 Å². The zero-order valence-electron chi connectivity index (χ0n) is 9.62. The highest BCUT2D eigenvalue weighted by atomic mass is 35.5. The van der Waals surface area contributed by atoms with Crippen LogP contribution in [-0.2, 0) is 0 Å². The van der Waals surface area contributed by atoms with Crippen LogP contribution in [0.25, 0.3) is 0 Å². The van der Waals surface area contributed by atoms with E-state index in [4.69, 9.17) is 28.3 Å². The third kappa shape index (κ3) is 3.79. The third-order valence-corrected chi connectivity index (χ3v) is 2.85. The molecule has 0 saturated carbocycles. The Hall–Kier alpha value is -0.930. The maximum absolute atomic E-state index is 10.9. The molecule has 0 aliphatic carbocycles. The first-order chi connectivity index (χ1) is 8.10. The second-order valence-electron chi connectivity index (χ2n) is 3.67. The monoisotopic (exact) mass is 275 g/mol. The van der Waals surface area contributed by atoms with Crippen molar-refractivity contribution in [1.82, 2.24) is 0 Å². The average molecular weight is 276 g/mol. The molecule has 0 fully saturated rings. The van der Waals surface area contributed by atoms with E-state index >= 15 is 0 Å². The van der Waals surface area contributed by atoms with Crippen molar-refractivity contribution in [2.75, 3.05) is 29.7 Å². The summed E-state index contributed by atoms with van der Waals surface area (Å²) in [6.07, 6.45) is 0. The molecule has 0 aromatic heterocycles. The summed E-state index contributed by atoms with van der Waals surface area (Å²) in [6.45, 7) is 3.17. The van der Waals surface area contributed by atoms with Crippen LogP contribution in [0.15, 0.2) is 18.2 Å². The molecular formula is C12H15Cl2NO2. The number of aromatic carboxylic acids is 1. The largest absolute Gasteiger partial charge is 0.478 e. The van der Waals surface area contributed by atoms with Gasteiger partial charge in [-0.25, -0.2) is 4.79 Å². The Labute approximate surface area is 111 Å². The summed E-state index contributed by atoms with van der Waals surface area (Å²) in [7, 11) is 0. The first-order valence-corrected chi connectivity index (χ1v) is 6.38. The molecule has 0 bridgehead atoms. The fraction of sp³-hybridized carbons (Fsp3) is 0.417. The second kappa shape index (κ2) is 6.72. The number of carboxylic acid groups (broad SMARTS) is 1. The smallest absolute Gasteiger partial charge is 0.335 e. The van der Waals surface area contributed by atoms with Gasteiger partial charge in [-0.1, -0.05) is 0 Å². The Balaban J connectivity index is 2.97. The van der Waals surface area contributed by atoms with Crippen LogP contribution < -0.4 is 4.90 Å². The van der Waals surface area contributed by atoms with E-state index < -0.39 is 5.97 Å². The number of anilines is 1. The fourth-order valence-corrected chi connectivity index (χ4v) is 2.07. The van der Waals surface area contributed by atoms with Crippen LogP contribution in [0.1, 0.15) is 15.9 Å². The molecule has 1 rings (SSSR count). The van der Waals surface area contributed by atoms with Crippen molar-refractivity contribution in [3.8, 4) is 0 Å². The third-order valence-electron chi connectivity index (χ3n) is 2.51. The standard InChI is InChI=1S/C12H15Cl2NO2/c1-9-8-10(2-3-11(9)12(16)17)15(6-4-13)7-5-14/h2-3,8H,4-7H2,1H3,(H,16,17). The fourth-order valence-electron chi connectivity index (χ4n) is 1.66. The van der Waals surface area contributed by atoms with Crippen LogP contribution in [0.2, 0.25) is 0 Å². The van der Waals surface area contributed by atoms with Crippen molar-refractivity contribution in [1.29, 1.82) is 0 Å². The van der Waals surface area contributed by atoms with E-state index in [9.17, 15) is 4.79 Å². The number of rotatable bonds is 6. The molecule has 0 unspecified atom stereocenters. The van der Waals surface area contributed by atoms with Crippen molar-refractivity contribution >= 4 is 34.9 Å². The van der Waals surface area contributed by atoms with Gasteiger partial charge in [0.2, 0.25) is 0 Å². The molecule has 94 valence electrons. The number of aryl methyl sites for hydroxylation is 1. The SMILES string of the molecule is Cc1cc(N(CCCl)CCCl)ccc1C(=O)O. The lowest BCUT2D eigenvalue weighted by Gasteiger charge is -2.23. The van der Waals surface area contributed by atoms with E-state index in [1.165, 1.54) is 0 Å². The molecule has 0 aliphatic rings. The molecule has 0 saturated heterocycles. The number of halogens is 2. The molecule has 0 heterocycles. The zero-order valence-corrected chi connectivity index (χ0v) is 11.1. The molecule has 5 heteroatoms. The minimum absolute atomic E-state index is 0.324. The van der Waals surface area contributed by atoms with Crippen LogP contribution in [0.4, 0.5) is 5.69 Å². The quantitative estimate of drug-likeness (QED) is 0.812. The van der Waals surface area contributed by atoms with Crippen molar-refractivity contribution in [3.05, 3.63) is 29.3 Å². The van der Waals surface area contributed by atoms with Gasteiger partial charge in [-0.3, -0.25) is 0 Å². The Morgan fingerprint density at radius 1 is 1.29 bits per heavy atom. The van der Waals surface area contributed by atoms with Crippen molar-refractivity contribution < 1.29 is 9.90 Å². The number of nitrogens with zero attached hydrogens (tertiary/aromatic N) is 1. The van der Waals surface area contributed by atoms with E-state index in [0.717, 1.165) is 11.3 Å². The van der Waals surface area contributed by atoms with Gasteiger partial charge in [0.25, 0.3) is 0 Å². The molecule has 17 heavy (non-hydrogen) atoms. The van der Waals surface area contributed by atoms with Crippen LogP contribution >= 0.6 is 23.2 Å². The van der Waals surface area contributed by atoms with E-state index in [2.05, 4.69) is 0 Å². The topological polar surface area (TPSA) is 40.5 Å². The molecule has 3 nitrogen and oxygen atoms in total. The molecule has 0 atom stereocenters. The number of carbonyl (C=O) groups is 1. The lowest BCUT2D eigenvalue weighted by Crippen LogP contribution is -2.27. The molecule has 1 aromatic carbocycles. The molecular weight excluding hydrogens is 261 g/mol. The highest BCUT2D eigenvalue weighted by Crippen LogP contribution is 2.19. The average Bonchev–Trinajstić information content (AvgIpc) is 2.28. The second-order valence-corrected chi connectivity index (χ2v) is 4.43. The van der Waals surface area contributed by atoms with Crippen molar-refractivity contribution in [2.24, 2.45) is 0 Å². The summed E-state index contributed by atoms with van der Waals surface area (Å²) < 4.78 is 0. The number of carboxylic acids is 1. The Morgan fingerprint density at radius 2 is 1.88 bits per heavy atom. The molecule has 1 N–H and O–H groups in total. The predicted molar refractivity (Wildman–Crippen MR) is 71.8 cm³/mol. The van der Waals surface area contributed by atoms with Crippen molar-refractivity contribution in [3.63, 3.8) is 0 Å². The predicted octanol–water partition coefficient (Wildman–Crippen LogP) is 2.98. The highest BCUT2D eigenvalue weighted by Gasteiger charge is 2.10. The van der Waals surface area contributed by atoms with Gasteiger partial charge in [-0.15, -0.1) is 23.2 Å². The number of hydrogen-bond donors (Lipinski definition) is 1. The Bertz CT molecular complexity index is 390. The summed E-state index contributed by atoms with van der Waals surface area (Å²) in [5.41, 5.74) is 2.02. The van der Waals surface area contributed by atoms with Crippen LogP contribution in [-0.4, -0.2) is 35.9 Å². The summed E-state index contributed by atoms with van der Waals surface area (Å²) in [4.78, 5) is 12.9. The van der Waals surface area contributed by atoms with Gasteiger partial charge in [0.05, 0.1) is 5.56 Å². The zero-order chi connectivity index (χ0) is 12.8. The molecule has 0 amide bonds. The van der Waals surface area contributed by atoms with E-state index in [0.29, 0.717) is 30.4 Å². The number of benzene rings is 1. The molecule has 0 aliphatic heterocycles. The molecule has 0 spiro atoms. The summed E-state index contributed by atoms with van der Waals surface area (Å²) >= 11 is 11.4. The molecule has 0 radical (unpaired) electrons. The summed E-state index contributed by atoms with van der Waals surface area (Å²) in [5, 5.41) is 8.95. The van der Waals surface area contributed by atoms with E-state index in [-0.39, 0.29) is 0 Å². The van der Waals surface area contributed by atoms with E-state index in [1.54, 1.807) is 19.1 Å². The van der Waals surface area contributed by atoms with Crippen LogP contribution in [0.5, 0.6) is 0 Å². The van der Waals surface area contributed by atoms with Crippen LogP contribution in [0.3, 0.4) is 0 Å². The summed E-state index contributed by atoms with van der Waals surface area (Å²) in [5.74, 6) is 0.114. The van der Waals surface area contributed by atoms with Crippen LogP contribution in [0, 0.1) is 6.92 Å². The number of alkyl halides is 2. The van der Waals surface area contributed by atoms with Gasteiger partial charge < -0.3 is 10.0 Å². The maximum atomic E-state index is 10.9.